The largest absolute Gasteiger partial charge is 0.495 e. The number of anilines is 2. The highest BCUT2D eigenvalue weighted by molar-refractivity contribution is 6.12. The normalized spacial score (nSPS) is 15.5. The van der Waals surface area contributed by atoms with Gasteiger partial charge in [-0.25, -0.2) is 0 Å². The van der Waals surface area contributed by atoms with Crippen molar-refractivity contribution in [2.45, 2.75) is 6.17 Å². The van der Waals surface area contributed by atoms with Crippen LogP contribution in [0.25, 0.3) is 0 Å². The Kier molecular flexibility index (Phi) is 4.41. The predicted octanol–water partition coefficient (Wildman–Crippen LogP) is 4.37. The van der Waals surface area contributed by atoms with E-state index in [-0.39, 0.29) is 11.6 Å². The van der Waals surface area contributed by atoms with Gasteiger partial charge in [-0.3, -0.25) is 19.8 Å². The Bertz CT molecular complexity index is 1070. The molecule has 0 unspecified atom stereocenters. The molecule has 28 heavy (non-hydrogen) atoms. The zero-order valence-corrected chi connectivity index (χ0v) is 15.0. The SMILES string of the molecule is COc1ccccc1N1C(=O)c2ccccc2N[C@@H]1c1ccccc1[N+](=O)[O-]. The molecule has 0 spiro atoms. The second-order valence-corrected chi connectivity index (χ2v) is 6.26. The number of nitro benzene ring substituents is 1. The van der Waals surface area contributed by atoms with Crippen LogP contribution < -0.4 is 15.0 Å². The molecule has 0 saturated carbocycles. The number of carbonyl (C=O) groups is 1. The molecule has 1 heterocycles. The highest BCUT2D eigenvalue weighted by Gasteiger charge is 2.38. The number of fused-ring (bicyclic) bond motifs is 1. The van der Waals surface area contributed by atoms with Crippen LogP contribution in [-0.2, 0) is 0 Å². The fourth-order valence-corrected chi connectivity index (χ4v) is 3.43. The Hall–Kier alpha value is -3.87. The van der Waals surface area contributed by atoms with E-state index in [0.29, 0.717) is 28.3 Å². The summed E-state index contributed by atoms with van der Waals surface area (Å²) >= 11 is 0. The molecule has 7 nitrogen and oxygen atoms in total. The van der Waals surface area contributed by atoms with Crippen molar-refractivity contribution in [2.24, 2.45) is 0 Å². The van der Waals surface area contributed by atoms with E-state index in [1.165, 1.54) is 18.1 Å². The zero-order chi connectivity index (χ0) is 19.7. The lowest BCUT2D eigenvalue weighted by Gasteiger charge is -2.38. The van der Waals surface area contributed by atoms with E-state index in [4.69, 9.17) is 4.74 Å². The van der Waals surface area contributed by atoms with E-state index >= 15 is 0 Å². The highest BCUT2D eigenvalue weighted by Crippen LogP contribution is 2.42. The maximum absolute atomic E-state index is 13.4. The quantitative estimate of drug-likeness (QED) is 0.540. The van der Waals surface area contributed by atoms with Crippen molar-refractivity contribution in [1.82, 2.24) is 0 Å². The lowest BCUT2D eigenvalue weighted by molar-refractivity contribution is -0.385. The molecule has 3 aromatic rings. The topological polar surface area (TPSA) is 84.7 Å². The summed E-state index contributed by atoms with van der Waals surface area (Å²) in [7, 11) is 1.52. The van der Waals surface area contributed by atoms with Crippen molar-refractivity contribution in [1.29, 1.82) is 0 Å². The van der Waals surface area contributed by atoms with Gasteiger partial charge < -0.3 is 10.1 Å². The van der Waals surface area contributed by atoms with Gasteiger partial charge in [-0.15, -0.1) is 0 Å². The lowest BCUT2D eigenvalue weighted by atomic mass is 10.0. The number of rotatable bonds is 4. The number of hydrogen-bond donors (Lipinski definition) is 1. The fourth-order valence-electron chi connectivity index (χ4n) is 3.43. The van der Waals surface area contributed by atoms with Crippen LogP contribution in [-0.4, -0.2) is 17.9 Å². The van der Waals surface area contributed by atoms with Crippen LogP contribution in [0.1, 0.15) is 22.1 Å². The van der Waals surface area contributed by atoms with Gasteiger partial charge in [0.15, 0.2) is 0 Å². The number of nitro groups is 1. The third-order valence-corrected chi connectivity index (χ3v) is 4.70. The lowest BCUT2D eigenvalue weighted by Crippen LogP contribution is -2.43. The smallest absolute Gasteiger partial charge is 0.276 e. The minimum absolute atomic E-state index is 0.0629. The molecule has 0 aromatic heterocycles. The van der Waals surface area contributed by atoms with Crippen molar-refractivity contribution >= 4 is 23.0 Å². The highest BCUT2D eigenvalue weighted by atomic mass is 16.6. The summed E-state index contributed by atoms with van der Waals surface area (Å²) in [5.74, 6) is 0.239. The molecular formula is C21H17N3O4. The number of methoxy groups -OCH3 is 1. The molecule has 140 valence electrons. The minimum atomic E-state index is -0.764. The Labute approximate surface area is 161 Å². The number of para-hydroxylation sites is 4. The summed E-state index contributed by atoms with van der Waals surface area (Å²) in [6.07, 6.45) is -0.764. The van der Waals surface area contributed by atoms with Gasteiger partial charge in [0.05, 0.1) is 28.8 Å². The molecule has 1 amide bonds. The fraction of sp³-hybridized carbons (Fsp3) is 0.0952. The van der Waals surface area contributed by atoms with E-state index in [9.17, 15) is 14.9 Å². The average Bonchev–Trinajstić information content (AvgIpc) is 2.73. The second-order valence-electron chi connectivity index (χ2n) is 6.26. The third-order valence-electron chi connectivity index (χ3n) is 4.70. The summed E-state index contributed by atoms with van der Waals surface area (Å²) < 4.78 is 5.44. The predicted molar refractivity (Wildman–Crippen MR) is 106 cm³/mol. The molecule has 7 heteroatoms. The Morgan fingerprint density at radius 1 is 1.00 bits per heavy atom. The first kappa shape index (κ1) is 17.5. The number of amides is 1. The Balaban J connectivity index is 1.95. The van der Waals surface area contributed by atoms with Crippen LogP contribution in [0.2, 0.25) is 0 Å². The molecule has 1 aliphatic rings. The average molecular weight is 375 g/mol. The Morgan fingerprint density at radius 2 is 1.68 bits per heavy atom. The van der Waals surface area contributed by atoms with E-state index in [1.54, 1.807) is 60.7 Å². The van der Waals surface area contributed by atoms with Gasteiger partial charge in [0, 0.05) is 11.8 Å². The molecule has 4 rings (SSSR count). The Morgan fingerprint density at radius 3 is 2.46 bits per heavy atom. The minimum Gasteiger partial charge on any atom is -0.495 e. The van der Waals surface area contributed by atoms with Crippen LogP contribution in [0, 0.1) is 10.1 Å². The number of nitrogens with one attached hydrogen (secondary N) is 1. The first-order valence-electron chi connectivity index (χ1n) is 8.67. The second kappa shape index (κ2) is 7.03. The zero-order valence-electron chi connectivity index (χ0n) is 15.0. The molecule has 1 atom stereocenters. The molecule has 0 saturated heterocycles. The molecular weight excluding hydrogens is 358 g/mol. The van der Waals surface area contributed by atoms with Crippen molar-refractivity contribution in [3.63, 3.8) is 0 Å². The number of benzene rings is 3. The van der Waals surface area contributed by atoms with Gasteiger partial charge in [0.2, 0.25) is 0 Å². The first-order valence-corrected chi connectivity index (χ1v) is 8.67. The maximum atomic E-state index is 13.4. The van der Waals surface area contributed by atoms with E-state index in [1.807, 2.05) is 6.07 Å². The number of nitrogens with zero attached hydrogens (tertiary/aromatic N) is 2. The van der Waals surface area contributed by atoms with E-state index in [0.717, 1.165) is 0 Å². The number of carbonyl (C=O) groups excluding carboxylic acids is 1. The van der Waals surface area contributed by atoms with Crippen LogP contribution in [0.5, 0.6) is 5.75 Å². The molecule has 0 aliphatic carbocycles. The maximum Gasteiger partial charge on any atom is 0.276 e. The van der Waals surface area contributed by atoms with Crippen molar-refractivity contribution in [3.8, 4) is 5.75 Å². The first-order chi connectivity index (χ1) is 13.6. The summed E-state index contributed by atoms with van der Waals surface area (Å²) in [6.45, 7) is 0. The van der Waals surface area contributed by atoms with E-state index in [2.05, 4.69) is 5.32 Å². The van der Waals surface area contributed by atoms with Gasteiger partial charge in [0.25, 0.3) is 11.6 Å². The summed E-state index contributed by atoms with van der Waals surface area (Å²) in [5.41, 5.74) is 1.97. The molecule has 1 aliphatic heterocycles. The number of hydrogen-bond acceptors (Lipinski definition) is 5. The van der Waals surface area contributed by atoms with Crippen LogP contribution >= 0.6 is 0 Å². The third kappa shape index (κ3) is 2.83. The van der Waals surface area contributed by atoms with Gasteiger partial charge in [-0.1, -0.05) is 36.4 Å². The molecule has 0 radical (unpaired) electrons. The standard InChI is InChI=1S/C21H17N3O4/c1-28-19-13-7-6-12-18(19)23-20(15-9-3-5-11-17(15)24(26)27)22-16-10-4-2-8-14(16)21(23)25/h2-13,20,22H,1H3/t20-/m0/s1. The van der Waals surface area contributed by atoms with Crippen molar-refractivity contribution in [2.75, 3.05) is 17.3 Å². The summed E-state index contributed by atoms with van der Waals surface area (Å²) in [6, 6.07) is 20.6. The summed E-state index contributed by atoms with van der Waals surface area (Å²) in [5, 5.41) is 14.9. The van der Waals surface area contributed by atoms with Gasteiger partial charge in [-0.05, 0) is 30.3 Å². The monoisotopic (exact) mass is 375 g/mol. The van der Waals surface area contributed by atoms with E-state index < -0.39 is 11.1 Å². The molecule has 0 fully saturated rings. The van der Waals surface area contributed by atoms with Crippen molar-refractivity contribution in [3.05, 3.63) is 94.0 Å². The van der Waals surface area contributed by atoms with Crippen molar-refractivity contribution < 1.29 is 14.5 Å². The molecule has 1 N–H and O–H groups in total. The molecule has 3 aromatic carbocycles. The van der Waals surface area contributed by atoms with Crippen LogP contribution in [0.4, 0.5) is 17.1 Å². The number of ether oxygens (including phenoxy) is 1. The van der Waals surface area contributed by atoms with Gasteiger partial charge in [-0.2, -0.15) is 0 Å². The van der Waals surface area contributed by atoms with Crippen LogP contribution in [0.3, 0.4) is 0 Å². The summed E-state index contributed by atoms with van der Waals surface area (Å²) in [4.78, 5) is 26.1. The van der Waals surface area contributed by atoms with Gasteiger partial charge in [0.1, 0.15) is 11.9 Å². The van der Waals surface area contributed by atoms with Crippen LogP contribution in [0.15, 0.2) is 72.8 Å². The molecule has 0 bridgehead atoms. The van der Waals surface area contributed by atoms with Gasteiger partial charge >= 0.3 is 0 Å².